The van der Waals surface area contributed by atoms with E-state index in [0.29, 0.717) is 17.4 Å². The van der Waals surface area contributed by atoms with Crippen molar-refractivity contribution in [2.75, 3.05) is 33.5 Å². The Bertz CT molecular complexity index is 628. The van der Waals surface area contributed by atoms with Crippen LogP contribution in [0.4, 0.5) is 4.39 Å². The van der Waals surface area contributed by atoms with E-state index in [1.165, 1.54) is 11.1 Å². The second-order valence-electron chi connectivity index (χ2n) is 8.83. The zero-order chi connectivity index (χ0) is 18.9. The second-order valence-corrected chi connectivity index (χ2v) is 8.83. The van der Waals surface area contributed by atoms with Crippen LogP contribution in [-0.4, -0.2) is 49.6 Å². The van der Waals surface area contributed by atoms with E-state index < -0.39 is 6.67 Å². The monoisotopic (exact) mass is 365 g/mol. The quantitative estimate of drug-likeness (QED) is 0.863. The molecule has 1 aromatic carbocycles. The minimum Gasteiger partial charge on any atom is -0.493 e. The van der Waals surface area contributed by atoms with Crippen LogP contribution in [0.25, 0.3) is 0 Å². The highest BCUT2D eigenvalue weighted by atomic mass is 19.1. The van der Waals surface area contributed by atoms with Gasteiger partial charge >= 0.3 is 0 Å². The number of hydrogen-bond acceptors (Lipinski definition) is 4. The fourth-order valence-corrected chi connectivity index (χ4v) is 4.51. The van der Waals surface area contributed by atoms with Crippen molar-refractivity contribution in [3.8, 4) is 11.5 Å². The van der Waals surface area contributed by atoms with E-state index in [0.717, 1.165) is 32.4 Å². The minimum atomic E-state index is -0.516. The Labute approximate surface area is 156 Å². The molecule has 1 fully saturated rings. The average molecular weight is 365 g/mol. The number of piperidine rings is 1. The SMILES string of the molecule is COc1cc2c(cc1OCCF)CCN1CC(CC(C)(C)C)C(O)CC21. The number of rotatable bonds is 5. The lowest BCUT2D eigenvalue weighted by atomic mass is 9.75. The molecule has 0 bridgehead atoms. The molecule has 26 heavy (non-hydrogen) atoms. The molecule has 2 aliphatic rings. The number of ether oxygens (including phenoxy) is 2. The molecule has 3 rings (SSSR count). The van der Waals surface area contributed by atoms with Gasteiger partial charge in [-0.25, -0.2) is 4.39 Å². The number of nitrogens with zero attached hydrogens (tertiary/aromatic N) is 1. The normalized spacial score (nSPS) is 26.2. The molecule has 2 heterocycles. The Hall–Kier alpha value is -1.33. The van der Waals surface area contributed by atoms with E-state index in [-0.39, 0.29) is 24.2 Å². The van der Waals surface area contributed by atoms with Gasteiger partial charge in [0.15, 0.2) is 11.5 Å². The zero-order valence-corrected chi connectivity index (χ0v) is 16.4. The van der Waals surface area contributed by atoms with Crippen molar-refractivity contribution < 1.29 is 19.0 Å². The molecule has 5 heteroatoms. The van der Waals surface area contributed by atoms with E-state index in [9.17, 15) is 9.50 Å². The van der Waals surface area contributed by atoms with E-state index in [4.69, 9.17) is 9.47 Å². The number of aliphatic hydroxyl groups excluding tert-OH is 1. The molecule has 4 nitrogen and oxygen atoms in total. The van der Waals surface area contributed by atoms with E-state index in [1.807, 2.05) is 12.1 Å². The standard InChI is InChI=1S/C21H32FNO3/c1-21(2,3)12-15-13-23-7-5-14-9-20(26-8-6-22)19(25-4)10-16(14)17(23)11-18(15)24/h9-10,15,17-18,24H,5-8,11-13H2,1-4H3. The highest BCUT2D eigenvalue weighted by molar-refractivity contribution is 5.49. The molecule has 0 amide bonds. The van der Waals surface area contributed by atoms with Gasteiger partial charge in [-0.2, -0.15) is 0 Å². The molecular weight excluding hydrogens is 333 g/mol. The molecule has 3 atom stereocenters. The lowest BCUT2D eigenvalue weighted by Crippen LogP contribution is -2.48. The van der Waals surface area contributed by atoms with E-state index in [1.54, 1.807) is 7.11 Å². The molecule has 0 radical (unpaired) electrons. The van der Waals surface area contributed by atoms with Crippen LogP contribution in [0, 0.1) is 11.3 Å². The fourth-order valence-electron chi connectivity index (χ4n) is 4.51. The molecule has 1 N–H and O–H groups in total. The van der Waals surface area contributed by atoms with Crippen LogP contribution in [0.15, 0.2) is 12.1 Å². The van der Waals surface area contributed by atoms with Crippen LogP contribution in [0.2, 0.25) is 0 Å². The van der Waals surface area contributed by atoms with Crippen molar-refractivity contribution >= 4 is 0 Å². The fraction of sp³-hybridized carbons (Fsp3) is 0.714. The van der Waals surface area contributed by atoms with Gasteiger partial charge in [0.1, 0.15) is 13.3 Å². The number of aliphatic hydroxyl groups is 1. The Balaban J connectivity index is 1.83. The van der Waals surface area contributed by atoms with Crippen LogP contribution in [-0.2, 0) is 6.42 Å². The molecule has 0 aliphatic carbocycles. The molecule has 2 aliphatic heterocycles. The molecule has 3 unspecified atom stereocenters. The number of benzene rings is 1. The number of alkyl halides is 1. The van der Waals surface area contributed by atoms with Crippen LogP contribution in [0.1, 0.15) is 50.8 Å². The van der Waals surface area contributed by atoms with E-state index >= 15 is 0 Å². The summed E-state index contributed by atoms with van der Waals surface area (Å²) in [7, 11) is 1.61. The molecular formula is C21H32FNO3. The number of methoxy groups -OCH3 is 1. The third-order valence-electron chi connectivity index (χ3n) is 5.58. The van der Waals surface area contributed by atoms with Gasteiger partial charge < -0.3 is 14.6 Å². The summed E-state index contributed by atoms with van der Waals surface area (Å²) in [4.78, 5) is 2.51. The molecule has 0 spiro atoms. The first kappa shape index (κ1) is 19.4. The largest absolute Gasteiger partial charge is 0.493 e. The van der Waals surface area contributed by atoms with Gasteiger partial charge in [0.05, 0.1) is 13.2 Å². The minimum absolute atomic E-state index is 0.0396. The Morgan fingerprint density at radius 2 is 2.04 bits per heavy atom. The number of halogens is 1. The first-order valence-electron chi connectivity index (χ1n) is 9.64. The lowest BCUT2D eigenvalue weighted by Gasteiger charge is -2.47. The number of hydrogen-bond donors (Lipinski definition) is 1. The van der Waals surface area contributed by atoms with Gasteiger partial charge in [0, 0.05) is 19.1 Å². The van der Waals surface area contributed by atoms with Gasteiger partial charge in [-0.15, -0.1) is 0 Å². The molecule has 0 saturated carbocycles. The van der Waals surface area contributed by atoms with Crippen LogP contribution < -0.4 is 9.47 Å². The third-order valence-corrected chi connectivity index (χ3v) is 5.58. The van der Waals surface area contributed by atoms with Crippen molar-refractivity contribution in [3.05, 3.63) is 23.3 Å². The molecule has 0 aromatic heterocycles. The van der Waals surface area contributed by atoms with Crippen LogP contribution >= 0.6 is 0 Å². The third kappa shape index (κ3) is 4.15. The summed E-state index contributed by atoms with van der Waals surface area (Å²) < 4.78 is 23.5. The first-order chi connectivity index (χ1) is 12.3. The van der Waals surface area contributed by atoms with Crippen molar-refractivity contribution in [2.45, 2.75) is 52.2 Å². The summed E-state index contributed by atoms with van der Waals surface area (Å²) in [5.41, 5.74) is 2.66. The smallest absolute Gasteiger partial charge is 0.161 e. The Morgan fingerprint density at radius 1 is 1.27 bits per heavy atom. The van der Waals surface area contributed by atoms with Crippen molar-refractivity contribution in [1.29, 1.82) is 0 Å². The highest BCUT2D eigenvalue weighted by Crippen LogP contribution is 2.44. The Morgan fingerprint density at radius 3 is 2.69 bits per heavy atom. The predicted octanol–water partition coefficient (Wildman–Crippen LogP) is 3.76. The van der Waals surface area contributed by atoms with Gasteiger partial charge in [0.2, 0.25) is 0 Å². The van der Waals surface area contributed by atoms with Gasteiger partial charge in [-0.1, -0.05) is 20.8 Å². The summed E-state index contributed by atoms with van der Waals surface area (Å²) in [6, 6.07) is 4.24. The van der Waals surface area contributed by atoms with Crippen LogP contribution in [0.5, 0.6) is 11.5 Å². The lowest BCUT2D eigenvalue weighted by molar-refractivity contribution is -0.0259. The van der Waals surface area contributed by atoms with Crippen molar-refractivity contribution in [2.24, 2.45) is 11.3 Å². The maximum atomic E-state index is 12.5. The predicted molar refractivity (Wildman–Crippen MR) is 101 cm³/mol. The summed E-state index contributed by atoms with van der Waals surface area (Å²) in [6.07, 6.45) is 2.44. The summed E-state index contributed by atoms with van der Waals surface area (Å²) in [6.45, 7) is 8.16. The zero-order valence-electron chi connectivity index (χ0n) is 16.4. The summed E-state index contributed by atoms with van der Waals surface area (Å²) in [5.74, 6) is 1.58. The Kier molecular flexibility index (Phi) is 5.78. The van der Waals surface area contributed by atoms with Gasteiger partial charge in [-0.3, -0.25) is 4.90 Å². The molecule has 146 valence electrons. The van der Waals surface area contributed by atoms with Crippen molar-refractivity contribution in [1.82, 2.24) is 4.90 Å². The van der Waals surface area contributed by atoms with Gasteiger partial charge in [0.25, 0.3) is 0 Å². The van der Waals surface area contributed by atoms with Gasteiger partial charge in [-0.05, 0) is 53.9 Å². The number of fused-ring (bicyclic) bond motifs is 3. The molecule has 1 saturated heterocycles. The second kappa shape index (κ2) is 7.73. The topological polar surface area (TPSA) is 41.9 Å². The maximum Gasteiger partial charge on any atom is 0.161 e. The molecule has 1 aromatic rings. The van der Waals surface area contributed by atoms with Crippen LogP contribution in [0.3, 0.4) is 0 Å². The van der Waals surface area contributed by atoms with Crippen molar-refractivity contribution in [3.63, 3.8) is 0 Å². The summed E-state index contributed by atoms with van der Waals surface area (Å²) >= 11 is 0. The van der Waals surface area contributed by atoms with E-state index in [2.05, 4.69) is 25.7 Å². The average Bonchev–Trinajstić information content (AvgIpc) is 2.58. The maximum absolute atomic E-state index is 12.5. The first-order valence-corrected chi connectivity index (χ1v) is 9.64. The summed E-state index contributed by atoms with van der Waals surface area (Å²) in [5, 5.41) is 10.8. The highest BCUT2D eigenvalue weighted by Gasteiger charge is 2.39.